The van der Waals surface area contributed by atoms with Crippen LogP contribution in [0.3, 0.4) is 0 Å². The molecule has 2 aromatic rings. The van der Waals surface area contributed by atoms with E-state index in [0.717, 1.165) is 11.4 Å². The minimum atomic E-state index is 0.426. The van der Waals surface area contributed by atoms with Crippen LogP contribution >= 0.6 is 24.8 Å². The molecular weight excluding hydrogens is 300 g/mol. The maximum Gasteiger partial charge on any atom is 0.149 e. The van der Waals surface area contributed by atoms with E-state index in [1.54, 1.807) is 0 Å². The largest absolute Gasteiger partial charge is 0.324 e. The lowest BCUT2D eigenvalue weighted by Crippen LogP contribution is -2.23. The molecule has 0 heterocycles. The van der Waals surface area contributed by atoms with Gasteiger partial charge in [0, 0.05) is 5.69 Å². The Morgan fingerprint density at radius 3 is 1.71 bits per heavy atom. The second-order valence-electron chi connectivity index (χ2n) is 4.43. The molecule has 0 aromatic heterocycles. The SMILES string of the molecule is Cc1ccc(NN)cc1.Cc1ccc(NNC(=S)S)cc1. The van der Waals surface area contributed by atoms with Gasteiger partial charge in [-0.2, -0.15) is 0 Å². The molecule has 0 bridgehead atoms. The maximum atomic E-state index is 5.15. The van der Waals surface area contributed by atoms with Crippen molar-refractivity contribution in [2.24, 2.45) is 5.84 Å². The third kappa shape index (κ3) is 7.55. The molecule has 0 unspecified atom stereocenters. The number of nitrogens with two attached hydrogens (primary N) is 1. The highest BCUT2D eigenvalue weighted by atomic mass is 32.1. The van der Waals surface area contributed by atoms with Gasteiger partial charge in [0.1, 0.15) is 4.32 Å². The second kappa shape index (κ2) is 9.23. The minimum absolute atomic E-state index is 0.426. The summed E-state index contributed by atoms with van der Waals surface area (Å²) in [6.45, 7) is 4.08. The molecule has 0 atom stereocenters. The number of rotatable bonds is 3. The van der Waals surface area contributed by atoms with Crippen LogP contribution in [0.5, 0.6) is 0 Å². The van der Waals surface area contributed by atoms with E-state index in [4.69, 9.17) is 18.1 Å². The topological polar surface area (TPSA) is 62.1 Å². The Labute approximate surface area is 136 Å². The standard InChI is InChI=1S/C8H10N2S2.C7H10N2/c1-6-2-4-7(5-3-6)9-10-8(11)12;1-6-2-4-7(9-8)5-3-6/h2-5,9H,1H3,(H2,10,11,12);2-5,9H,8H2,1H3. The number of thiocarbonyl (C=S) groups is 1. The van der Waals surface area contributed by atoms with Crippen molar-refractivity contribution in [1.29, 1.82) is 0 Å². The third-order valence-electron chi connectivity index (χ3n) is 2.58. The number of benzene rings is 2. The molecular formula is C15H20N4S2. The van der Waals surface area contributed by atoms with Crippen LogP contribution in [0.1, 0.15) is 11.1 Å². The Morgan fingerprint density at radius 1 is 0.905 bits per heavy atom. The molecule has 0 amide bonds. The summed E-state index contributed by atoms with van der Waals surface area (Å²) < 4.78 is 0.426. The molecule has 4 nitrogen and oxygen atoms in total. The van der Waals surface area contributed by atoms with E-state index in [1.165, 1.54) is 11.1 Å². The second-order valence-corrected chi connectivity index (χ2v) is 5.59. The maximum absolute atomic E-state index is 5.15. The van der Waals surface area contributed by atoms with Crippen LogP contribution in [0.15, 0.2) is 48.5 Å². The Kier molecular flexibility index (Phi) is 7.60. The summed E-state index contributed by atoms with van der Waals surface area (Å²) in [5, 5.41) is 0. The highest BCUT2D eigenvalue weighted by molar-refractivity contribution is 8.11. The van der Waals surface area contributed by atoms with E-state index in [2.05, 4.69) is 28.9 Å². The molecule has 0 aliphatic carbocycles. The van der Waals surface area contributed by atoms with Gasteiger partial charge in [-0.1, -0.05) is 47.6 Å². The van der Waals surface area contributed by atoms with Crippen molar-refractivity contribution < 1.29 is 0 Å². The molecule has 5 N–H and O–H groups in total. The fourth-order valence-corrected chi connectivity index (χ4v) is 1.52. The summed E-state index contributed by atoms with van der Waals surface area (Å²) in [6.07, 6.45) is 0. The quantitative estimate of drug-likeness (QED) is 0.260. The first-order valence-corrected chi connectivity index (χ1v) is 7.21. The van der Waals surface area contributed by atoms with Gasteiger partial charge >= 0.3 is 0 Å². The van der Waals surface area contributed by atoms with Gasteiger partial charge in [0.25, 0.3) is 0 Å². The zero-order chi connectivity index (χ0) is 15.7. The van der Waals surface area contributed by atoms with E-state index < -0.39 is 0 Å². The van der Waals surface area contributed by atoms with Crippen molar-refractivity contribution in [3.63, 3.8) is 0 Å². The van der Waals surface area contributed by atoms with Crippen molar-refractivity contribution in [2.75, 3.05) is 10.9 Å². The van der Waals surface area contributed by atoms with E-state index in [-0.39, 0.29) is 0 Å². The molecule has 0 aliphatic rings. The molecule has 0 spiro atoms. The Bertz CT molecular complexity index is 553. The summed E-state index contributed by atoms with van der Waals surface area (Å²) in [7, 11) is 0. The Morgan fingerprint density at radius 2 is 1.33 bits per heavy atom. The van der Waals surface area contributed by atoms with E-state index >= 15 is 0 Å². The highest BCUT2D eigenvalue weighted by Gasteiger charge is 1.89. The summed E-state index contributed by atoms with van der Waals surface area (Å²) in [5.41, 5.74) is 12.6. The first-order valence-electron chi connectivity index (χ1n) is 6.36. The average Bonchev–Trinajstić information content (AvgIpc) is 2.48. The normalized spacial score (nSPS) is 9.14. The van der Waals surface area contributed by atoms with Crippen molar-refractivity contribution in [3.05, 3.63) is 59.7 Å². The molecule has 0 saturated carbocycles. The lowest BCUT2D eigenvalue weighted by Gasteiger charge is -2.06. The lowest BCUT2D eigenvalue weighted by atomic mass is 10.2. The zero-order valence-electron chi connectivity index (χ0n) is 12.1. The van der Waals surface area contributed by atoms with Gasteiger partial charge in [0.2, 0.25) is 0 Å². The lowest BCUT2D eigenvalue weighted by molar-refractivity contribution is 1.16. The number of thiol groups is 1. The van der Waals surface area contributed by atoms with Crippen molar-refractivity contribution >= 4 is 40.5 Å². The first kappa shape index (κ1) is 17.3. The van der Waals surface area contributed by atoms with Gasteiger partial charge in [-0.15, -0.1) is 12.6 Å². The number of anilines is 2. The van der Waals surface area contributed by atoms with Crippen LogP contribution in [-0.4, -0.2) is 4.32 Å². The van der Waals surface area contributed by atoms with Crippen LogP contribution in [0.25, 0.3) is 0 Å². The molecule has 112 valence electrons. The number of hydrogen-bond acceptors (Lipinski definition) is 4. The monoisotopic (exact) mass is 320 g/mol. The van der Waals surface area contributed by atoms with Crippen LogP contribution in [-0.2, 0) is 0 Å². The van der Waals surface area contributed by atoms with E-state index in [1.807, 2.05) is 62.4 Å². The van der Waals surface area contributed by atoms with Crippen molar-refractivity contribution in [3.8, 4) is 0 Å². The van der Waals surface area contributed by atoms with Crippen molar-refractivity contribution in [1.82, 2.24) is 5.43 Å². The van der Waals surface area contributed by atoms with Gasteiger partial charge in [0.05, 0.1) is 5.69 Å². The predicted molar refractivity (Wildman–Crippen MR) is 98.5 cm³/mol. The van der Waals surface area contributed by atoms with Crippen molar-refractivity contribution in [2.45, 2.75) is 13.8 Å². The zero-order valence-corrected chi connectivity index (χ0v) is 13.8. The number of nitrogens with one attached hydrogen (secondary N) is 3. The average molecular weight is 320 g/mol. The molecule has 0 saturated heterocycles. The predicted octanol–water partition coefficient (Wildman–Crippen LogP) is 3.41. The van der Waals surface area contributed by atoms with Gasteiger partial charge in [0.15, 0.2) is 0 Å². The Balaban J connectivity index is 0.000000219. The summed E-state index contributed by atoms with van der Waals surface area (Å²) >= 11 is 8.62. The molecule has 2 aromatic carbocycles. The van der Waals surface area contributed by atoms with E-state index in [9.17, 15) is 0 Å². The van der Waals surface area contributed by atoms with Crippen LogP contribution < -0.4 is 22.1 Å². The van der Waals surface area contributed by atoms with E-state index in [0.29, 0.717) is 4.32 Å². The molecule has 21 heavy (non-hydrogen) atoms. The summed E-state index contributed by atoms with van der Waals surface area (Å²) in [4.78, 5) is 0. The number of hydrazine groups is 2. The molecule has 0 radical (unpaired) electrons. The summed E-state index contributed by atoms with van der Waals surface area (Å²) in [6, 6.07) is 15.9. The minimum Gasteiger partial charge on any atom is -0.324 e. The number of nitrogen functional groups attached to an aromatic ring is 1. The number of aryl methyl sites for hydroxylation is 2. The number of hydrogen-bond donors (Lipinski definition) is 5. The van der Waals surface area contributed by atoms with Crippen LogP contribution in [0.2, 0.25) is 0 Å². The third-order valence-corrected chi connectivity index (χ3v) is 2.80. The molecule has 0 aliphatic heterocycles. The fraction of sp³-hybridized carbons (Fsp3) is 0.133. The van der Waals surface area contributed by atoms with Gasteiger partial charge < -0.3 is 5.43 Å². The molecule has 6 heteroatoms. The van der Waals surface area contributed by atoms with Crippen LogP contribution in [0.4, 0.5) is 11.4 Å². The fourth-order valence-electron chi connectivity index (χ4n) is 1.41. The molecule has 2 rings (SSSR count). The van der Waals surface area contributed by atoms with Gasteiger partial charge in [-0.25, -0.2) is 0 Å². The summed E-state index contributed by atoms with van der Waals surface area (Å²) in [5.74, 6) is 5.15. The highest BCUT2D eigenvalue weighted by Crippen LogP contribution is 2.07. The first-order chi connectivity index (χ1) is 10.0. The Hall–Kier alpha value is -1.76. The van der Waals surface area contributed by atoms with Crippen LogP contribution in [0, 0.1) is 13.8 Å². The smallest absolute Gasteiger partial charge is 0.149 e. The van der Waals surface area contributed by atoms with Gasteiger partial charge in [-0.3, -0.25) is 16.7 Å². The van der Waals surface area contributed by atoms with Gasteiger partial charge in [-0.05, 0) is 38.1 Å². The molecule has 0 fully saturated rings.